The zero-order valence-corrected chi connectivity index (χ0v) is 15.6. The number of aromatic amines is 1. The molecule has 1 aromatic carbocycles. The number of methoxy groups -OCH3 is 1. The Morgan fingerprint density at radius 2 is 2.22 bits per heavy atom. The van der Waals surface area contributed by atoms with Crippen LogP contribution in [0.2, 0.25) is 0 Å². The van der Waals surface area contributed by atoms with E-state index in [4.69, 9.17) is 18.9 Å². The van der Waals surface area contributed by atoms with Crippen LogP contribution < -0.4 is 4.74 Å². The van der Waals surface area contributed by atoms with E-state index in [0.717, 1.165) is 34.2 Å². The van der Waals surface area contributed by atoms with Crippen molar-refractivity contribution in [2.75, 3.05) is 20.3 Å². The number of esters is 1. The smallest absolute Gasteiger partial charge is 0.357 e. The summed E-state index contributed by atoms with van der Waals surface area (Å²) in [6, 6.07) is 7.57. The van der Waals surface area contributed by atoms with Gasteiger partial charge in [0, 0.05) is 17.9 Å². The van der Waals surface area contributed by atoms with Crippen LogP contribution in [-0.4, -0.2) is 48.5 Å². The van der Waals surface area contributed by atoms with E-state index in [1.165, 1.54) is 0 Å². The lowest BCUT2D eigenvalue weighted by atomic mass is 10.1. The third-order valence-corrected chi connectivity index (χ3v) is 4.31. The predicted octanol–water partition coefficient (Wildman–Crippen LogP) is 3.21. The van der Waals surface area contributed by atoms with E-state index in [-0.39, 0.29) is 24.5 Å². The van der Waals surface area contributed by atoms with Crippen molar-refractivity contribution in [1.82, 2.24) is 9.97 Å². The first-order valence-corrected chi connectivity index (χ1v) is 8.95. The topological polar surface area (TPSA) is 86.0 Å². The quantitative estimate of drug-likeness (QED) is 0.508. The zero-order valence-electron chi connectivity index (χ0n) is 15.6. The number of hydrogen-bond acceptors (Lipinski definition) is 6. The number of H-pyrrole nitrogens is 1. The molecule has 142 valence electrons. The summed E-state index contributed by atoms with van der Waals surface area (Å²) in [6.45, 7) is 5.13. The third-order valence-electron chi connectivity index (χ3n) is 4.31. The number of nitrogens with one attached hydrogen (secondary N) is 1. The van der Waals surface area contributed by atoms with Crippen molar-refractivity contribution in [3.8, 4) is 5.75 Å². The van der Waals surface area contributed by atoms with Crippen molar-refractivity contribution >= 4 is 27.8 Å². The lowest BCUT2D eigenvalue weighted by Crippen LogP contribution is -2.14. The van der Waals surface area contributed by atoms with E-state index in [2.05, 4.69) is 9.97 Å². The van der Waals surface area contributed by atoms with Gasteiger partial charge < -0.3 is 23.9 Å². The first-order valence-electron chi connectivity index (χ1n) is 8.95. The highest BCUT2D eigenvalue weighted by Crippen LogP contribution is 2.35. The molecule has 1 fully saturated rings. The molecule has 0 aliphatic carbocycles. The number of hydrogen-bond donors (Lipinski definition) is 1. The van der Waals surface area contributed by atoms with Crippen LogP contribution in [0.15, 0.2) is 24.3 Å². The molecule has 7 nitrogen and oxygen atoms in total. The van der Waals surface area contributed by atoms with Gasteiger partial charge in [0.2, 0.25) is 0 Å². The van der Waals surface area contributed by atoms with Gasteiger partial charge in [-0.1, -0.05) is 6.07 Å². The molecule has 0 saturated carbocycles. The summed E-state index contributed by atoms with van der Waals surface area (Å²) in [7, 11) is 1.60. The highest BCUT2D eigenvalue weighted by Gasteiger charge is 2.24. The Hall–Kier alpha value is -2.64. The minimum Gasteiger partial charge on any atom is -0.490 e. The molecule has 1 saturated heterocycles. The third kappa shape index (κ3) is 3.61. The van der Waals surface area contributed by atoms with E-state index in [9.17, 15) is 4.79 Å². The molecular formula is C20H22N2O5. The summed E-state index contributed by atoms with van der Waals surface area (Å²) in [6.07, 6.45) is -0.0611. The molecule has 1 aliphatic heterocycles. The van der Waals surface area contributed by atoms with Crippen LogP contribution in [0, 0.1) is 0 Å². The fourth-order valence-electron chi connectivity index (χ4n) is 3.07. The number of carbonyl (C=O) groups excluding carboxylic acids is 1. The largest absolute Gasteiger partial charge is 0.490 e. The maximum atomic E-state index is 12.4. The molecule has 1 N–H and O–H groups in total. The standard InChI is InChI=1S/C20H22N2O5/c1-11(2)27-20(23)15-7-13-18-14(22-19(13)16(21-15)10-24-3)5-4-6-17(18)26-9-12-8-25-12/h4-7,11-12,22H,8-10H2,1-3H3. The van der Waals surface area contributed by atoms with Crippen molar-refractivity contribution in [2.24, 2.45) is 0 Å². The fourth-order valence-corrected chi connectivity index (χ4v) is 3.07. The summed E-state index contributed by atoms with van der Waals surface area (Å²) >= 11 is 0. The number of epoxide rings is 1. The van der Waals surface area contributed by atoms with Gasteiger partial charge in [0.25, 0.3) is 0 Å². The highest BCUT2D eigenvalue weighted by molar-refractivity contribution is 6.12. The molecule has 7 heteroatoms. The van der Waals surface area contributed by atoms with Gasteiger partial charge >= 0.3 is 5.97 Å². The molecule has 0 radical (unpaired) electrons. The molecule has 2 aromatic heterocycles. The van der Waals surface area contributed by atoms with Gasteiger partial charge in [-0.25, -0.2) is 9.78 Å². The average molecular weight is 370 g/mol. The molecule has 3 aromatic rings. The van der Waals surface area contributed by atoms with E-state index in [1.54, 1.807) is 13.2 Å². The molecular weight excluding hydrogens is 348 g/mol. The molecule has 1 unspecified atom stereocenters. The van der Waals surface area contributed by atoms with Gasteiger partial charge in [-0.2, -0.15) is 0 Å². The monoisotopic (exact) mass is 370 g/mol. The molecule has 0 amide bonds. The van der Waals surface area contributed by atoms with Crippen LogP contribution in [0.4, 0.5) is 0 Å². The number of carbonyl (C=O) groups is 1. The molecule has 27 heavy (non-hydrogen) atoms. The lowest BCUT2D eigenvalue weighted by Gasteiger charge is -2.10. The first kappa shape index (κ1) is 17.8. The fraction of sp³-hybridized carbons (Fsp3) is 0.400. The molecule has 0 bridgehead atoms. The van der Waals surface area contributed by atoms with Crippen molar-refractivity contribution < 1.29 is 23.7 Å². The number of fused-ring (bicyclic) bond motifs is 3. The minimum atomic E-state index is -0.455. The number of benzene rings is 1. The van der Waals surface area contributed by atoms with Crippen LogP contribution in [-0.2, 0) is 20.8 Å². The Bertz CT molecular complexity index is 991. The lowest BCUT2D eigenvalue weighted by molar-refractivity contribution is 0.0370. The maximum absolute atomic E-state index is 12.4. The minimum absolute atomic E-state index is 0.160. The number of aromatic nitrogens is 2. The van der Waals surface area contributed by atoms with Crippen molar-refractivity contribution in [1.29, 1.82) is 0 Å². The molecule has 0 spiro atoms. The Labute approximate surface area is 156 Å². The zero-order chi connectivity index (χ0) is 19.0. The first-order chi connectivity index (χ1) is 13.1. The van der Waals surface area contributed by atoms with Crippen LogP contribution in [0.1, 0.15) is 30.0 Å². The summed E-state index contributed by atoms with van der Waals surface area (Å²) in [5.74, 6) is 0.287. The summed E-state index contributed by atoms with van der Waals surface area (Å²) in [5.41, 5.74) is 2.64. The number of pyridine rings is 1. The van der Waals surface area contributed by atoms with Gasteiger partial charge in [0.05, 0.1) is 36.0 Å². The van der Waals surface area contributed by atoms with Crippen LogP contribution in [0.5, 0.6) is 5.75 Å². The Balaban J connectivity index is 1.86. The van der Waals surface area contributed by atoms with E-state index in [1.807, 2.05) is 32.0 Å². The predicted molar refractivity (Wildman–Crippen MR) is 100 cm³/mol. The Kier molecular flexibility index (Phi) is 4.72. The van der Waals surface area contributed by atoms with Gasteiger partial charge in [-0.05, 0) is 32.0 Å². The van der Waals surface area contributed by atoms with Crippen molar-refractivity contribution in [3.63, 3.8) is 0 Å². The molecule has 1 aliphatic rings. The Morgan fingerprint density at radius 1 is 1.41 bits per heavy atom. The normalized spacial score (nSPS) is 16.2. The number of ether oxygens (including phenoxy) is 4. The van der Waals surface area contributed by atoms with E-state index < -0.39 is 5.97 Å². The second-order valence-electron chi connectivity index (χ2n) is 6.83. The summed E-state index contributed by atoms with van der Waals surface area (Å²) in [5, 5.41) is 1.77. The van der Waals surface area contributed by atoms with Gasteiger partial charge in [0.1, 0.15) is 24.2 Å². The van der Waals surface area contributed by atoms with Crippen LogP contribution >= 0.6 is 0 Å². The van der Waals surface area contributed by atoms with Gasteiger partial charge in [-0.15, -0.1) is 0 Å². The summed E-state index contributed by atoms with van der Waals surface area (Å²) in [4.78, 5) is 20.3. The van der Waals surface area contributed by atoms with Gasteiger partial charge in [0.15, 0.2) is 0 Å². The van der Waals surface area contributed by atoms with Crippen molar-refractivity contribution in [2.45, 2.75) is 32.7 Å². The second-order valence-corrected chi connectivity index (χ2v) is 6.83. The Morgan fingerprint density at radius 3 is 2.93 bits per heavy atom. The highest BCUT2D eigenvalue weighted by atomic mass is 16.6. The van der Waals surface area contributed by atoms with Crippen molar-refractivity contribution in [3.05, 3.63) is 35.7 Å². The van der Waals surface area contributed by atoms with E-state index in [0.29, 0.717) is 12.3 Å². The number of nitrogens with zero attached hydrogens (tertiary/aromatic N) is 1. The molecule has 3 heterocycles. The molecule has 1 atom stereocenters. The average Bonchev–Trinajstić information content (AvgIpc) is 3.38. The second kappa shape index (κ2) is 7.17. The SMILES string of the molecule is COCc1nc(C(=O)OC(C)C)cc2c1[nH]c1cccc(OCC3CO3)c12. The number of rotatable bonds is 7. The van der Waals surface area contributed by atoms with E-state index >= 15 is 0 Å². The maximum Gasteiger partial charge on any atom is 0.357 e. The van der Waals surface area contributed by atoms with Crippen LogP contribution in [0.3, 0.4) is 0 Å². The van der Waals surface area contributed by atoms with Gasteiger partial charge in [-0.3, -0.25) is 0 Å². The molecule has 4 rings (SSSR count). The summed E-state index contributed by atoms with van der Waals surface area (Å²) < 4.78 is 21.8. The van der Waals surface area contributed by atoms with Crippen LogP contribution in [0.25, 0.3) is 21.8 Å².